The van der Waals surface area contributed by atoms with Crippen LogP contribution in [-0.2, 0) is 23.8 Å². The number of hydrogen-bond donors (Lipinski definition) is 2. The molecule has 0 unspecified atom stereocenters. The summed E-state index contributed by atoms with van der Waals surface area (Å²) in [4.78, 5) is 50.7. The second-order valence-electron chi connectivity index (χ2n) is 10.8. The van der Waals surface area contributed by atoms with E-state index in [-0.39, 0.29) is 18.4 Å². The van der Waals surface area contributed by atoms with Crippen LogP contribution in [0.5, 0.6) is 0 Å². The molecule has 0 aliphatic heterocycles. The molecule has 2 amide bonds. The summed E-state index contributed by atoms with van der Waals surface area (Å²) in [7, 11) is 1.43. The first-order chi connectivity index (χ1) is 18.3. The number of esters is 1. The predicted molar refractivity (Wildman–Crippen MR) is 143 cm³/mol. The van der Waals surface area contributed by atoms with Gasteiger partial charge in [-0.2, -0.15) is 0 Å². The number of rotatable bonds is 9. The number of carboxylic acid groups (broad SMARTS) is 1. The number of amides is 2. The Hall–Kier alpha value is -4.08. The van der Waals surface area contributed by atoms with Gasteiger partial charge in [-0.1, -0.05) is 62.4 Å². The molecule has 0 bridgehead atoms. The van der Waals surface area contributed by atoms with Gasteiger partial charge in [0.15, 0.2) is 6.04 Å². The number of carboxylic acids is 1. The van der Waals surface area contributed by atoms with Crippen molar-refractivity contribution in [2.45, 2.75) is 58.2 Å². The Kier molecular flexibility index (Phi) is 9.21. The molecule has 0 saturated carbocycles. The molecule has 10 heteroatoms. The average molecular weight is 541 g/mol. The maximum atomic E-state index is 13.0. The fourth-order valence-electron chi connectivity index (χ4n) is 4.56. The first kappa shape index (κ1) is 29.5. The summed E-state index contributed by atoms with van der Waals surface area (Å²) in [5.41, 5.74) is 3.48. The number of benzene rings is 2. The molecule has 0 heterocycles. The summed E-state index contributed by atoms with van der Waals surface area (Å²) in [6.45, 7) is 7.80. The van der Waals surface area contributed by atoms with Gasteiger partial charge in [-0.15, -0.1) is 0 Å². The minimum absolute atomic E-state index is 0.0813. The van der Waals surface area contributed by atoms with Crippen LogP contribution in [-0.4, -0.2) is 72.1 Å². The number of nitrogens with zero attached hydrogens (tertiary/aromatic N) is 1. The molecule has 3 rings (SSSR count). The van der Waals surface area contributed by atoms with E-state index in [4.69, 9.17) is 14.2 Å². The molecule has 0 radical (unpaired) electrons. The van der Waals surface area contributed by atoms with Crippen molar-refractivity contribution in [1.29, 1.82) is 0 Å². The Morgan fingerprint density at radius 2 is 1.49 bits per heavy atom. The fourth-order valence-corrected chi connectivity index (χ4v) is 4.56. The van der Waals surface area contributed by atoms with Crippen LogP contribution in [0.25, 0.3) is 11.1 Å². The third kappa shape index (κ3) is 7.28. The van der Waals surface area contributed by atoms with Crippen molar-refractivity contribution in [3.05, 3.63) is 59.7 Å². The second kappa shape index (κ2) is 12.2. The molecule has 39 heavy (non-hydrogen) atoms. The van der Waals surface area contributed by atoms with Crippen molar-refractivity contribution in [2.24, 2.45) is 5.92 Å². The summed E-state index contributed by atoms with van der Waals surface area (Å²) < 4.78 is 16.0. The lowest BCUT2D eigenvalue weighted by atomic mass is 9.98. The number of likely N-dealkylation sites (N-methyl/N-ethyl adjacent to an activating group) is 1. The molecule has 0 aromatic heterocycles. The standard InChI is InChI=1S/C29H36N2O8/c1-17(2)24(26(34)37-16-23(25(32)33)30-27(35)39-29(3,4)5)31(6)28(36)38-15-22-20-13-9-7-11-18(20)19-12-8-10-14-21(19)22/h7-14,17,22-24H,15-16H2,1-6H3,(H,30,35)(H,32,33)/t23-,24+/m1/s1. The quantitative estimate of drug-likeness (QED) is 0.353. The number of hydrogen-bond acceptors (Lipinski definition) is 7. The highest BCUT2D eigenvalue weighted by atomic mass is 16.6. The van der Waals surface area contributed by atoms with E-state index < -0.39 is 48.4 Å². The molecular formula is C29H36N2O8. The van der Waals surface area contributed by atoms with Gasteiger partial charge in [-0.05, 0) is 48.9 Å². The van der Waals surface area contributed by atoms with Crippen LogP contribution in [0.3, 0.4) is 0 Å². The topological polar surface area (TPSA) is 131 Å². The second-order valence-corrected chi connectivity index (χ2v) is 10.8. The number of fused-ring (bicyclic) bond motifs is 3. The Labute approximate surface area is 228 Å². The van der Waals surface area contributed by atoms with Crippen molar-refractivity contribution >= 4 is 24.1 Å². The highest BCUT2D eigenvalue weighted by Crippen LogP contribution is 2.44. The van der Waals surface area contributed by atoms with Gasteiger partial charge in [0, 0.05) is 13.0 Å². The number of carbonyl (C=O) groups excluding carboxylic acids is 3. The fraction of sp³-hybridized carbons (Fsp3) is 0.448. The van der Waals surface area contributed by atoms with E-state index in [1.165, 1.54) is 7.05 Å². The Bertz CT molecular complexity index is 1170. The van der Waals surface area contributed by atoms with Crippen molar-refractivity contribution in [2.75, 3.05) is 20.3 Å². The lowest BCUT2D eigenvalue weighted by Crippen LogP contribution is -2.50. The zero-order chi connectivity index (χ0) is 28.9. The van der Waals surface area contributed by atoms with Gasteiger partial charge in [0.1, 0.15) is 24.9 Å². The lowest BCUT2D eigenvalue weighted by molar-refractivity contribution is -0.154. The van der Waals surface area contributed by atoms with E-state index in [9.17, 15) is 24.3 Å². The van der Waals surface area contributed by atoms with Gasteiger partial charge < -0.3 is 24.6 Å². The Morgan fingerprint density at radius 1 is 0.949 bits per heavy atom. The van der Waals surface area contributed by atoms with Crippen LogP contribution in [0.2, 0.25) is 0 Å². The SMILES string of the molecule is CC(C)[C@@H](C(=O)OC[C@@H](NC(=O)OC(C)(C)C)C(=O)O)N(C)C(=O)OCC1c2ccccc2-c2ccccc21. The van der Waals surface area contributed by atoms with Crippen LogP contribution in [0, 0.1) is 5.92 Å². The Morgan fingerprint density at radius 3 is 1.97 bits per heavy atom. The molecule has 1 aliphatic carbocycles. The number of carbonyl (C=O) groups is 4. The zero-order valence-corrected chi connectivity index (χ0v) is 23.1. The van der Waals surface area contributed by atoms with Crippen LogP contribution in [0.4, 0.5) is 9.59 Å². The predicted octanol–water partition coefficient (Wildman–Crippen LogP) is 4.41. The van der Waals surface area contributed by atoms with Crippen LogP contribution < -0.4 is 5.32 Å². The van der Waals surface area contributed by atoms with Crippen molar-refractivity contribution in [3.8, 4) is 11.1 Å². The molecule has 2 N–H and O–H groups in total. The van der Waals surface area contributed by atoms with Crippen molar-refractivity contribution < 1.29 is 38.5 Å². The highest BCUT2D eigenvalue weighted by Gasteiger charge is 2.35. The van der Waals surface area contributed by atoms with Gasteiger partial charge in [0.25, 0.3) is 0 Å². The molecule has 0 spiro atoms. The molecule has 2 aromatic rings. The van der Waals surface area contributed by atoms with Crippen LogP contribution in [0.15, 0.2) is 48.5 Å². The minimum atomic E-state index is -1.53. The lowest BCUT2D eigenvalue weighted by Gasteiger charge is -2.29. The van der Waals surface area contributed by atoms with Crippen LogP contribution >= 0.6 is 0 Å². The molecule has 210 valence electrons. The van der Waals surface area contributed by atoms with Crippen LogP contribution in [0.1, 0.15) is 51.7 Å². The first-order valence-corrected chi connectivity index (χ1v) is 12.8. The molecule has 10 nitrogen and oxygen atoms in total. The van der Waals surface area contributed by atoms with Gasteiger partial charge in [-0.3, -0.25) is 4.90 Å². The largest absolute Gasteiger partial charge is 0.480 e. The summed E-state index contributed by atoms with van der Waals surface area (Å²) >= 11 is 0. The number of nitrogens with one attached hydrogen (secondary N) is 1. The summed E-state index contributed by atoms with van der Waals surface area (Å²) in [5, 5.41) is 11.6. The maximum Gasteiger partial charge on any atom is 0.410 e. The van der Waals surface area contributed by atoms with E-state index in [2.05, 4.69) is 5.32 Å². The van der Waals surface area contributed by atoms with Crippen molar-refractivity contribution in [3.63, 3.8) is 0 Å². The molecule has 0 saturated heterocycles. The average Bonchev–Trinajstić information content (AvgIpc) is 3.17. The Balaban J connectivity index is 1.63. The molecule has 2 aromatic carbocycles. The molecular weight excluding hydrogens is 504 g/mol. The maximum absolute atomic E-state index is 13.0. The van der Waals surface area contributed by atoms with E-state index in [1.54, 1.807) is 34.6 Å². The summed E-state index contributed by atoms with van der Waals surface area (Å²) in [6.07, 6.45) is -1.67. The number of aliphatic carboxylic acids is 1. The summed E-state index contributed by atoms with van der Waals surface area (Å²) in [5.74, 6) is -2.74. The normalized spacial score (nSPS) is 14.0. The van der Waals surface area contributed by atoms with Gasteiger partial charge in [0.05, 0.1) is 0 Å². The van der Waals surface area contributed by atoms with E-state index in [0.717, 1.165) is 27.2 Å². The number of alkyl carbamates (subject to hydrolysis) is 1. The monoisotopic (exact) mass is 540 g/mol. The van der Waals surface area contributed by atoms with Crippen molar-refractivity contribution in [1.82, 2.24) is 10.2 Å². The van der Waals surface area contributed by atoms with Gasteiger partial charge >= 0.3 is 24.1 Å². The minimum Gasteiger partial charge on any atom is -0.480 e. The van der Waals surface area contributed by atoms with Gasteiger partial charge in [0.2, 0.25) is 0 Å². The zero-order valence-electron chi connectivity index (χ0n) is 23.1. The van der Waals surface area contributed by atoms with E-state index in [1.807, 2.05) is 48.5 Å². The van der Waals surface area contributed by atoms with Gasteiger partial charge in [-0.25, -0.2) is 19.2 Å². The highest BCUT2D eigenvalue weighted by molar-refractivity contribution is 5.83. The first-order valence-electron chi connectivity index (χ1n) is 12.8. The smallest absolute Gasteiger partial charge is 0.410 e. The molecule has 0 fully saturated rings. The van der Waals surface area contributed by atoms with E-state index >= 15 is 0 Å². The number of ether oxygens (including phenoxy) is 3. The third-order valence-corrected chi connectivity index (χ3v) is 6.30. The third-order valence-electron chi connectivity index (χ3n) is 6.30. The molecule has 2 atom stereocenters. The summed E-state index contributed by atoms with van der Waals surface area (Å²) in [6, 6.07) is 13.3. The molecule has 1 aliphatic rings. The van der Waals surface area contributed by atoms with E-state index in [0.29, 0.717) is 0 Å².